The molecule has 0 nitrogen and oxygen atoms in total. The summed E-state index contributed by atoms with van der Waals surface area (Å²) in [6.07, 6.45) is 7.97. The Morgan fingerprint density at radius 3 is 1.92 bits per heavy atom. The van der Waals surface area contributed by atoms with Gasteiger partial charge in [-0.3, -0.25) is 0 Å². The van der Waals surface area contributed by atoms with E-state index < -0.39 is 6.69 Å². The van der Waals surface area contributed by atoms with Crippen LogP contribution in [0.4, 0.5) is 0 Å². The molecule has 0 aromatic rings. The Balaban J connectivity index is 3.16. The number of rotatable bonds is 8. The molecule has 0 saturated heterocycles. The van der Waals surface area contributed by atoms with E-state index >= 15 is 0 Å². The van der Waals surface area contributed by atoms with Crippen LogP contribution in [0.5, 0.6) is 0 Å². The van der Waals surface area contributed by atoms with Gasteiger partial charge in [-0.2, -0.15) is 0 Å². The molecule has 0 atom stereocenters. The van der Waals surface area contributed by atoms with Crippen LogP contribution in [-0.4, -0.2) is 6.69 Å². The highest BCUT2D eigenvalue weighted by atomic mass is 35.7. The zero-order chi connectivity index (χ0) is 10.2. The third-order valence-electron chi connectivity index (χ3n) is 2.41. The smallest absolute Gasteiger partial charge is 0.146 e. The zero-order valence-corrected chi connectivity index (χ0v) is 11.4. The first kappa shape index (κ1) is 13.8. The van der Waals surface area contributed by atoms with E-state index in [1.54, 1.807) is 0 Å². The average Bonchev–Trinajstić information content (AvgIpc) is 2.11. The number of unbranched alkanes of at least 4 members (excludes halogenated alkanes) is 5. The molecule has 80 valence electrons. The van der Waals surface area contributed by atoms with Gasteiger partial charge in [0.05, 0.1) is 0 Å². The van der Waals surface area contributed by atoms with Gasteiger partial charge in [-0.05, 0) is 12.1 Å². The van der Waals surface area contributed by atoms with Crippen LogP contribution in [-0.2, 0) is 0 Å². The summed E-state index contributed by atoms with van der Waals surface area (Å²) in [6, 6.07) is 2.07. The van der Waals surface area contributed by atoms with Crippen LogP contribution in [0, 0.1) is 0 Å². The number of hydrogen-bond acceptors (Lipinski definition) is 0. The van der Waals surface area contributed by atoms with Gasteiger partial charge in [0, 0.05) is 0 Å². The van der Waals surface area contributed by atoms with Gasteiger partial charge in [0.2, 0.25) is 0 Å². The molecule has 0 amide bonds. The molecule has 0 aliphatic rings. The van der Waals surface area contributed by atoms with Gasteiger partial charge in [0.15, 0.2) is 0 Å². The molecule has 0 saturated carbocycles. The maximum absolute atomic E-state index is 6.17. The van der Waals surface area contributed by atoms with Crippen molar-refractivity contribution in [3.05, 3.63) is 0 Å². The normalized spacial score (nSPS) is 12.0. The fraction of sp³-hybridized carbons (Fsp3) is 1.00. The fourth-order valence-electron chi connectivity index (χ4n) is 1.34. The van der Waals surface area contributed by atoms with Gasteiger partial charge in [-0.1, -0.05) is 52.4 Å². The van der Waals surface area contributed by atoms with Crippen molar-refractivity contribution in [2.75, 3.05) is 0 Å². The largest absolute Gasteiger partial charge is 0.251 e. The van der Waals surface area contributed by atoms with E-state index in [4.69, 9.17) is 22.2 Å². The summed E-state index contributed by atoms with van der Waals surface area (Å²) in [7, 11) is 0. The number of hydrogen-bond donors (Lipinski definition) is 0. The van der Waals surface area contributed by atoms with Crippen molar-refractivity contribution in [3.8, 4) is 0 Å². The second kappa shape index (κ2) is 8.13. The van der Waals surface area contributed by atoms with Gasteiger partial charge >= 0.3 is 0 Å². The van der Waals surface area contributed by atoms with Crippen molar-refractivity contribution < 1.29 is 0 Å². The van der Waals surface area contributed by atoms with Crippen LogP contribution in [0.1, 0.15) is 52.4 Å². The van der Waals surface area contributed by atoms with Crippen molar-refractivity contribution in [1.82, 2.24) is 0 Å². The monoisotopic (exact) mass is 240 g/mol. The molecule has 0 heterocycles. The van der Waals surface area contributed by atoms with Gasteiger partial charge < -0.3 is 0 Å². The molecule has 0 spiro atoms. The van der Waals surface area contributed by atoms with Crippen LogP contribution in [0.15, 0.2) is 0 Å². The summed E-state index contributed by atoms with van der Waals surface area (Å²) in [4.78, 5) is 0. The molecular weight excluding hydrogens is 219 g/mol. The van der Waals surface area contributed by atoms with Crippen molar-refractivity contribution in [1.29, 1.82) is 0 Å². The third kappa shape index (κ3) is 9.11. The van der Waals surface area contributed by atoms with Crippen molar-refractivity contribution in [2.45, 2.75) is 64.5 Å². The third-order valence-corrected chi connectivity index (χ3v) is 7.27. The van der Waals surface area contributed by atoms with E-state index in [2.05, 4.69) is 13.8 Å². The van der Waals surface area contributed by atoms with Gasteiger partial charge in [-0.15, -0.1) is 22.2 Å². The quantitative estimate of drug-likeness (QED) is 0.308. The summed E-state index contributed by atoms with van der Waals surface area (Å²) in [5, 5.41) is 0. The Bertz CT molecular complexity index is 115. The first-order chi connectivity index (χ1) is 6.12. The molecule has 0 bridgehead atoms. The molecule has 0 fully saturated rings. The Kier molecular flexibility index (Phi) is 8.63. The highest BCUT2D eigenvalue weighted by Gasteiger charge is 2.24. The molecule has 3 heteroatoms. The standard InChI is InChI=1S/C10H22Cl2Si/c1-3-5-6-7-8-9-10-13(11,12)4-2/h3-10H2,1-2H3. The molecular formula is C10H22Cl2Si. The Labute approximate surface area is 93.4 Å². The van der Waals surface area contributed by atoms with Crippen LogP contribution < -0.4 is 0 Å². The summed E-state index contributed by atoms with van der Waals surface area (Å²) >= 11 is 12.3. The SMILES string of the molecule is CCCCCCCC[Si](Cl)(Cl)CC. The molecule has 0 aromatic carbocycles. The fourth-order valence-corrected chi connectivity index (χ4v) is 3.26. The minimum absolute atomic E-state index is 0.991. The summed E-state index contributed by atoms with van der Waals surface area (Å²) in [5.41, 5.74) is 0. The first-order valence-electron chi connectivity index (χ1n) is 5.50. The van der Waals surface area contributed by atoms with Crippen molar-refractivity contribution in [2.24, 2.45) is 0 Å². The van der Waals surface area contributed by atoms with Gasteiger partial charge in [0.25, 0.3) is 6.69 Å². The Morgan fingerprint density at radius 2 is 1.38 bits per heavy atom. The Morgan fingerprint density at radius 1 is 0.846 bits per heavy atom. The zero-order valence-electron chi connectivity index (χ0n) is 8.91. The van der Waals surface area contributed by atoms with E-state index in [-0.39, 0.29) is 0 Å². The molecule has 0 rings (SSSR count). The van der Waals surface area contributed by atoms with E-state index in [0.717, 1.165) is 12.1 Å². The lowest BCUT2D eigenvalue weighted by Gasteiger charge is -2.13. The van der Waals surface area contributed by atoms with Crippen molar-refractivity contribution in [3.63, 3.8) is 0 Å². The summed E-state index contributed by atoms with van der Waals surface area (Å²) in [5.74, 6) is 0. The number of halogens is 2. The lowest BCUT2D eigenvalue weighted by atomic mass is 10.1. The lowest BCUT2D eigenvalue weighted by Crippen LogP contribution is -2.16. The predicted octanol–water partition coefficient (Wildman–Crippen LogP) is 5.29. The molecule has 0 N–H and O–H groups in total. The minimum atomic E-state index is -1.80. The first-order valence-corrected chi connectivity index (χ1v) is 9.94. The molecule has 0 unspecified atom stereocenters. The topological polar surface area (TPSA) is 0 Å². The lowest BCUT2D eigenvalue weighted by molar-refractivity contribution is 0.623. The molecule has 0 radical (unpaired) electrons. The summed E-state index contributed by atoms with van der Waals surface area (Å²) in [6.45, 7) is 2.54. The molecule has 0 aliphatic carbocycles. The maximum atomic E-state index is 6.17. The summed E-state index contributed by atoms with van der Waals surface area (Å²) < 4.78 is 0. The van der Waals surface area contributed by atoms with E-state index in [9.17, 15) is 0 Å². The van der Waals surface area contributed by atoms with E-state index in [0.29, 0.717) is 0 Å². The van der Waals surface area contributed by atoms with Crippen LogP contribution in [0.3, 0.4) is 0 Å². The molecule has 0 aromatic heterocycles. The minimum Gasteiger partial charge on any atom is -0.146 e. The Hall–Kier alpha value is 0.797. The highest BCUT2D eigenvalue weighted by molar-refractivity contribution is 7.45. The molecule has 13 heavy (non-hydrogen) atoms. The molecule has 0 aliphatic heterocycles. The van der Waals surface area contributed by atoms with Crippen LogP contribution in [0.25, 0.3) is 0 Å². The van der Waals surface area contributed by atoms with Crippen LogP contribution in [0.2, 0.25) is 12.1 Å². The van der Waals surface area contributed by atoms with Crippen molar-refractivity contribution >= 4 is 28.9 Å². The van der Waals surface area contributed by atoms with E-state index in [1.165, 1.54) is 38.5 Å². The highest BCUT2D eigenvalue weighted by Crippen LogP contribution is 2.27. The second-order valence-corrected chi connectivity index (χ2v) is 11.6. The maximum Gasteiger partial charge on any atom is 0.251 e. The average molecular weight is 241 g/mol. The predicted molar refractivity (Wildman–Crippen MR) is 66.1 cm³/mol. The van der Waals surface area contributed by atoms with Crippen LogP contribution >= 0.6 is 22.2 Å². The van der Waals surface area contributed by atoms with Gasteiger partial charge in [0.1, 0.15) is 0 Å². The van der Waals surface area contributed by atoms with Gasteiger partial charge in [-0.25, -0.2) is 0 Å². The second-order valence-electron chi connectivity index (χ2n) is 3.73. The van der Waals surface area contributed by atoms with E-state index in [1.807, 2.05) is 0 Å².